The molecule has 1 heterocycles. The molecule has 2 nitrogen and oxygen atoms in total. The summed E-state index contributed by atoms with van der Waals surface area (Å²) in [6.07, 6.45) is 13.2. The molecule has 110 valence electrons. The van der Waals surface area contributed by atoms with Crippen molar-refractivity contribution in [1.82, 2.24) is 4.90 Å². The van der Waals surface area contributed by atoms with Crippen molar-refractivity contribution in [3.63, 3.8) is 0 Å². The molecule has 0 aromatic carbocycles. The number of likely N-dealkylation sites (tertiary alicyclic amines) is 1. The summed E-state index contributed by atoms with van der Waals surface area (Å²) in [6, 6.07) is 0. The number of hydrogen-bond donors (Lipinski definition) is 1. The fourth-order valence-electron chi connectivity index (χ4n) is 4.86. The Morgan fingerprint density at radius 2 is 1.47 bits per heavy atom. The maximum absolute atomic E-state index is 5.80. The fourth-order valence-corrected chi connectivity index (χ4v) is 4.86. The lowest BCUT2D eigenvalue weighted by Crippen LogP contribution is -2.44. The van der Waals surface area contributed by atoms with Crippen molar-refractivity contribution in [2.75, 3.05) is 26.2 Å². The monoisotopic (exact) mass is 264 g/mol. The molecule has 2 unspecified atom stereocenters. The van der Waals surface area contributed by atoms with E-state index in [-0.39, 0.29) is 0 Å². The van der Waals surface area contributed by atoms with Crippen molar-refractivity contribution in [3.8, 4) is 0 Å². The maximum atomic E-state index is 5.80. The summed E-state index contributed by atoms with van der Waals surface area (Å²) in [5.74, 6) is 3.93. The molecule has 0 spiro atoms. The van der Waals surface area contributed by atoms with Crippen molar-refractivity contribution in [2.45, 2.75) is 57.8 Å². The molecule has 0 radical (unpaired) electrons. The second-order valence-electron chi connectivity index (χ2n) is 7.48. The van der Waals surface area contributed by atoms with Crippen LogP contribution in [0.3, 0.4) is 0 Å². The Hall–Kier alpha value is -0.0800. The zero-order valence-corrected chi connectivity index (χ0v) is 12.5. The Kier molecular flexibility index (Phi) is 4.81. The number of hydrogen-bond acceptors (Lipinski definition) is 2. The van der Waals surface area contributed by atoms with Gasteiger partial charge in [-0.25, -0.2) is 0 Å². The molecule has 2 aliphatic carbocycles. The second-order valence-corrected chi connectivity index (χ2v) is 7.48. The molecule has 1 saturated heterocycles. The molecule has 0 aromatic rings. The van der Waals surface area contributed by atoms with Gasteiger partial charge in [0.1, 0.15) is 0 Å². The summed E-state index contributed by atoms with van der Waals surface area (Å²) >= 11 is 0. The van der Waals surface area contributed by atoms with Crippen LogP contribution < -0.4 is 5.73 Å². The van der Waals surface area contributed by atoms with E-state index >= 15 is 0 Å². The molecule has 2 heteroatoms. The van der Waals surface area contributed by atoms with Gasteiger partial charge in [-0.2, -0.15) is 0 Å². The van der Waals surface area contributed by atoms with Crippen molar-refractivity contribution in [3.05, 3.63) is 0 Å². The van der Waals surface area contributed by atoms with E-state index in [9.17, 15) is 0 Å². The minimum Gasteiger partial charge on any atom is -0.330 e. The third-order valence-electron chi connectivity index (χ3n) is 6.19. The van der Waals surface area contributed by atoms with Crippen molar-refractivity contribution < 1.29 is 0 Å². The first-order valence-electron chi connectivity index (χ1n) is 8.77. The second kappa shape index (κ2) is 6.58. The van der Waals surface area contributed by atoms with Crippen LogP contribution in [0.25, 0.3) is 0 Å². The normalized spacial score (nSPS) is 40.9. The maximum Gasteiger partial charge on any atom is 0.00124 e. The summed E-state index contributed by atoms with van der Waals surface area (Å²) in [7, 11) is 0. The highest BCUT2D eigenvalue weighted by Crippen LogP contribution is 2.37. The predicted molar refractivity (Wildman–Crippen MR) is 81.0 cm³/mol. The standard InChI is InChI=1S/C17H32N2/c18-11-14-5-7-15(8-6-14)12-19-10-9-16-3-1-2-4-17(16)13-19/h14-17H,1-13,18H2. The largest absolute Gasteiger partial charge is 0.330 e. The molecule has 0 aromatic heterocycles. The average Bonchev–Trinajstić information content (AvgIpc) is 2.48. The van der Waals surface area contributed by atoms with E-state index in [0.717, 1.165) is 30.2 Å². The van der Waals surface area contributed by atoms with Crippen LogP contribution in [-0.4, -0.2) is 31.1 Å². The van der Waals surface area contributed by atoms with Gasteiger partial charge in [0, 0.05) is 13.1 Å². The highest BCUT2D eigenvalue weighted by Gasteiger charge is 2.32. The molecule has 2 atom stereocenters. The van der Waals surface area contributed by atoms with Gasteiger partial charge in [-0.05, 0) is 75.3 Å². The highest BCUT2D eigenvalue weighted by molar-refractivity contribution is 4.85. The Labute approximate surface area is 119 Å². The van der Waals surface area contributed by atoms with E-state index in [1.807, 2.05) is 0 Å². The third-order valence-corrected chi connectivity index (χ3v) is 6.19. The Balaban J connectivity index is 1.43. The van der Waals surface area contributed by atoms with Crippen LogP contribution in [0.1, 0.15) is 57.8 Å². The first-order chi connectivity index (χ1) is 9.35. The van der Waals surface area contributed by atoms with E-state index < -0.39 is 0 Å². The van der Waals surface area contributed by atoms with Crippen molar-refractivity contribution >= 4 is 0 Å². The van der Waals surface area contributed by atoms with E-state index in [1.54, 1.807) is 0 Å². The Bertz CT molecular complexity index is 270. The zero-order chi connectivity index (χ0) is 13.1. The van der Waals surface area contributed by atoms with Gasteiger partial charge in [0.2, 0.25) is 0 Å². The topological polar surface area (TPSA) is 29.3 Å². The minimum atomic E-state index is 0.834. The summed E-state index contributed by atoms with van der Waals surface area (Å²) in [5.41, 5.74) is 5.80. The average molecular weight is 264 g/mol. The van der Waals surface area contributed by atoms with Crippen LogP contribution in [0.2, 0.25) is 0 Å². The van der Waals surface area contributed by atoms with E-state index in [2.05, 4.69) is 4.90 Å². The van der Waals surface area contributed by atoms with Gasteiger partial charge in [0.15, 0.2) is 0 Å². The lowest BCUT2D eigenvalue weighted by molar-refractivity contribution is 0.0678. The van der Waals surface area contributed by atoms with E-state index in [4.69, 9.17) is 5.73 Å². The minimum absolute atomic E-state index is 0.834. The quantitative estimate of drug-likeness (QED) is 0.848. The Morgan fingerprint density at radius 1 is 0.789 bits per heavy atom. The molecule has 3 rings (SSSR count). The fraction of sp³-hybridized carbons (Fsp3) is 1.00. The van der Waals surface area contributed by atoms with E-state index in [1.165, 1.54) is 77.4 Å². The van der Waals surface area contributed by atoms with Gasteiger partial charge in [-0.3, -0.25) is 0 Å². The molecule has 3 aliphatic rings. The van der Waals surface area contributed by atoms with E-state index in [0.29, 0.717) is 0 Å². The number of nitrogens with zero attached hydrogens (tertiary/aromatic N) is 1. The summed E-state index contributed by atoms with van der Waals surface area (Å²) in [6.45, 7) is 5.11. The number of rotatable bonds is 3. The van der Waals surface area contributed by atoms with Crippen molar-refractivity contribution in [1.29, 1.82) is 0 Å². The van der Waals surface area contributed by atoms with Crippen LogP contribution >= 0.6 is 0 Å². The first kappa shape index (κ1) is 13.9. The zero-order valence-electron chi connectivity index (χ0n) is 12.5. The summed E-state index contributed by atoms with van der Waals surface area (Å²) in [4.78, 5) is 2.81. The first-order valence-corrected chi connectivity index (χ1v) is 8.77. The summed E-state index contributed by atoms with van der Waals surface area (Å²) in [5, 5.41) is 0. The number of nitrogens with two attached hydrogens (primary N) is 1. The molecule has 19 heavy (non-hydrogen) atoms. The Morgan fingerprint density at radius 3 is 2.21 bits per heavy atom. The lowest BCUT2D eigenvalue weighted by Gasteiger charge is -2.43. The molecular formula is C17H32N2. The van der Waals surface area contributed by atoms with Gasteiger partial charge in [-0.1, -0.05) is 19.3 Å². The molecular weight excluding hydrogens is 232 g/mol. The number of fused-ring (bicyclic) bond motifs is 1. The van der Waals surface area contributed by atoms with Crippen LogP contribution in [0.5, 0.6) is 0 Å². The molecule has 0 amide bonds. The SMILES string of the molecule is NCC1CCC(CN2CCC3CCCCC3C2)CC1. The van der Waals surface area contributed by atoms with Crippen LogP contribution in [0.15, 0.2) is 0 Å². The van der Waals surface area contributed by atoms with Gasteiger partial charge >= 0.3 is 0 Å². The van der Waals surface area contributed by atoms with Crippen molar-refractivity contribution in [2.24, 2.45) is 29.4 Å². The molecule has 0 bridgehead atoms. The van der Waals surface area contributed by atoms with Crippen LogP contribution in [0.4, 0.5) is 0 Å². The molecule has 3 fully saturated rings. The van der Waals surface area contributed by atoms with Crippen LogP contribution in [0, 0.1) is 23.7 Å². The molecule has 2 N–H and O–H groups in total. The van der Waals surface area contributed by atoms with Gasteiger partial charge in [0.05, 0.1) is 0 Å². The molecule has 2 saturated carbocycles. The number of piperidine rings is 1. The smallest absolute Gasteiger partial charge is 0.00124 e. The molecule has 1 aliphatic heterocycles. The predicted octanol–water partition coefficient (Wildman–Crippen LogP) is 3.26. The summed E-state index contributed by atoms with van der Waals surface area (Å²) < 4.78 is 0. The van der Waals surface area contributed by atoms with Gasteiger partial charge in [-0.15, -0.1) is 0 Å². The third kappa shape index (κ3) is 3.52. The highest BCUT2D eigenvalue weighted by atomic mass is 15.1. The van der Waals surface area contributed by atoms with Gasteiger partial charge < -0.3 is 10.6 Å². The van der Waals surface area contributed by atoms with Crippen LogP contribution in [-0.2, 0) is 0 Å². The van der Waals surface area contributed by atoms with Gasteiger partial charge in [0.25, 0.3) is 0 Å². The lowest BCUT2D eigenvalue weighted by atomic mass is 9.74.